The molecule has 2 aromatic rings. The van der Waals surface area contributed by atoms with Crippen molar-refractivity contribution in [3.8, 4) is 0 Å². The van der Waals surface area contributed by atoms with Crippen molar-refractivity contribution in [3.63, 3.8) is 0 Å². The van der Waals surface area contributed by atoms with E-state index < -0.39 is 12.0 Å². The van der Waals surface area contributed by atoms with Crippen LogP contribution in [0.2, 0.25) is 0 Å². The molecule has 110 valence electrons. The molecule has 1 aromatic carbocycles. The van der Waals surface area contributed by atoms with Crippen molar-refractivity contribution in [1.82, 2.24) is 9.88 Å². The molecular formula is C16H17LiN2O3. The third kappa shape index (κ3) is 2.67. The summed E-state index contributed by atoms with van der Waals surface area (Å²) in [5.74, 6) is -1.26. The first-order valence-electron chi connectivity index (χ1n) is 7.10. The summed E-state index contributed by atoms with van der Waals surface area (Å²) in [7, 11) is 0. The smallest absolute Gasteiger partial charge is 0.548 e. The molecule has 22 heavy (non-hydrogen) atoms. The molecule has 0 bridgehead atoms. The number of hydrogen-bond acceptors (Lipinski definition) is 3. The quantitative estimate of drug-likeness (QED) is 0.682. The summed E-state index contributed by atoms with van der Waals surface area (Å²) in [6.45, 7) is 4.19. The fourth-order valence-corrected chi connectivity index (χ4v) is 2.98. The number of nitrogens with one attached hydrogen (secondary N) is 1. The van der Waals surface area contributed by atoms with Crippen LogP contribution in [0.1, 0.15) is 36.3 Å². The van der Waals surface area contributed by atoms with E-state index in [1.165, 1.54) is 4.90 Å². The normalized spacial score (nSPS) is 15.0. The molecule has 0 aliphatic carbocycles. The predicted octanol–water partition coefficient (Wildman–Crippen LogP) is -1.71. The Morgan fingerprint density at radius 3 is 2.68 bits per heavy atom. The number of benzene rings is 1. The largest absolute Gasteiger partial charge is 1.00 e. The van der Waals surface area contributed by atoms with Crippen molar-refractivity contribution in [1.29, 1.82) is 0 Å². The van der Waals surface area contributed by atoms with Gasteiger partial charge in [-0.2, -0.15) is 0 Å². The number of aromatic amines is 1. The Morgan fingerprint density at radius 2 is 2.05 bits per heavy atom. The molecule has 0 fully saturated rings. The Bertz CT molecular complexity index is 723. The molecule has 0 saturated carbocycles. The van der Waals surface area contributed by atoms with Crippen LogP contribution in [0.5, 0.6) is 0 Å². The van der Waals surface area contributed by atoms with E-state index in [2.05, 4.69) is 4.98 Å². The van der Waals surface area contributed by atoms with Gasteiger partial charge in [-0.05, 0) is 18.4 Å². The van der Waals surface area contributed by atoms with Crippen LogP contribution in [-0.2, 0) is 11.3 Å². The first kappa shape index (κ1) is 16.7. The van der Waals surface area contributed by atoms with Crippen molar-refractivity contribution >= 4 is 22.8 Å². The molecule has 2 heterocycles. The monoisotopic (exact) mass is 292 g/mol. The Morgan fingerprint density at radius 1 is 1.36 bits per heavy atom. The third-order valence-corrected chi connectivity index (χ3v) is 3.96. The fraction of sp³-hybridized carbons (Fsp3) is 0.375. The number of amides is 1. The molecule has 1 aromatic heterocycles. The maximum absolute atomic E-state index is 12.5. The van der Waals surface area contributed by atoms with Crippen molar-refractivity contribution in [2.45, 2.75) is 32.9 Å². The number of H-pyrrole nitrogens is 1. The third-order valence-electron chi connectivity index (χ3n) is 3.96. The van der Waals surface area contributed by atoms with Gasteiger partial charge < -0.3 is 19.8 Å². The minimum atomic E-state index is -1.19. The van der Waals surface area contributed by atoms with Gasteiger partial charge in [-0.1, -0.05) is 32.0 Å². The molecule has 1 aliphatic heterocycles. The summed E-state index contributed by atoms with van der Waals surface area (Å²) < 4.78 is 0. The van der Waals surface area contributed by atoms with Gasteiger partial charge in [0.1, 0.15) is 5.69 Å². The average Bonchev–Trinajstić information content (AvgIpc) is 2.94. The zero-order valence-corrected chi connectivity index (χ0v) is 13.1. The van der Waals surface area contributed by atoms with Crippen LogP contribution in [0.3, 0.4) is 0 Å². The molecule has 0 saturated heterocycles. The number of carbonyl (C=O) groups is 2. The molecule has 0 radical (unpaired) electrons. The molecule has 1 N–H and O–H groups in total. The molecule has 3 rings (SSSR count). The van der Waals surface area contributed by atoms with E-state index >= 15 is 0 Å². The van der Waals surface area contributed by atoms with Crippen molar-refractivity contribution in [2.24, 2.45) is 5.92 Å². The van der Waals surface area contributed by atoms with Gasteiger partial charge in [-0.3, -0.25) is 4.79 Å². The number of fused-ring (bicyclic) bond motifs is 3. The second-order valence-electron chi connectivity index (χ2n) is 5.92. The number of rotatable bonds is 4. The molecule has 1 amide bonds. The first-order chi connectivity index (χ1) is 9.99. The number of aromatic nitrogens is 1. The van der Waals surface area contributed by atoms with E-state index in [4.69, 9.17) is 0 Å². The summed E-state index contributed by atoms with van der Waals surface area (Å²) in [5.41, 5.74) is 2.29. The first-order valence-corrected chi connectivity index (χ1v) is 7.10. The topological polar surface area (TPSA) is 76.2 Å². The van der Waals surface area contributed by atoms with Crippen LogP contribution in [0.4, 0.5) is 0 Å². The molecule has 5 nitrogen and oxygen atoms in total. The summed E-state index contributed by atoms with van der Waals surface area (Å²) in [4.78, 5) is 28.4. The van der Waals surface area contributed by atoms with Gasteiger partial charge in [0.15, 0.2) is 0 Å². The summed E-state index contributed by atoms with van der Waals surface area (Å²) in [6.07, 6.45) is 0.399. The van der Waals surface area contributed by atoms with E-state index in [1.54, 1.807) is 0 Å². The van der Waals surface area contributed by atoms with E-state index in [9.17, 15) is 14.7 Å². The van der Waals surface area contributed by atoms with Gasteiger partial charge in [0, 0.05) is 23.0 Å². The Kier molecular flexibility index (Phi) is 4.69. The van der Waals surface area contributed by atoms with Crippen LogP contribution < -0.4 is 24.0 Å². The number of aliphatic carboxylic acids is 1. The predicted molar refractivity (Wildman–Crippen MR) is 76.4 cm³/mol. The molecule has 6 heteroatoms. The van der Waals surface area contributed by atoms with Crippen molar-refractivity contribution in [2.75, 3.05) is 0 Å². The van der Waals surface area contributed by atoms with Gasteiger partial charge in [0.05, 0.1) is 12.0 Å². The number of para-hydroxylation sites is 1. The maximum atomic E-state index is 12.5. The Balaban J connectivity index is 0.00000176. The Labute approximate surface area is 140 Å². The van der Waals surface area contributed by atoms with Crippen LogP contribution in [0.15, 0.2) is 24.3 Å². The van der Waals surface area contributed by atoms with Gasteiger partial charge in [0.25, 0.3) is 5.91 Å². The standard InChI is InChI=1S/C16H18N2O3.Li/c1-9(2)7-13(16(20)21)18-8-11-10-5-3-4-6-12(10)17-14(11)15(18)19;/h3-6,9,13,17H,7-8H2,1-2H3,(H,20,21);/q;+1/p-1/t13-;/m0./s1. The minimum absolute atomic E-state index is 0. The zero-order valence-electron chi connectivity index (χ0n) is 13.1. The second kappa shape index (κ2) is 6.19. The van der Waals surface area contributed by atoms with Gasteiger partial charge >= 0.3 is 18.9 Å². The van der Waals surface area contributed by atoms with Gasteiger partial charge in [0.2, 0.25) is 0 Å². The van der Waals surface area contributed by atoms with E-state index in [0.29, 0.717) is 18.7 Å². The van der Waals surface area contributed by atoms with Crippen LogP contribution >= 0.6 is 0 Å². The molecule has 1 aliphatic rings. The fourth-order valence-electron chi connectivity index (χ4n) is 2.98. The summed E-state index contributed by atoms with van der Waals surface area (Å²) in [5, 5.41) is 12.4. The Hall–Kier alpha value is -1.70. The molecule has 0 spiro atoms. The van der Waals surface area contributed by atoms with Gasteiger partial charge in [-0.15, -0.1) is 0 Å². The van der Waals surface area contributed by atoms with E-state index in [1.807, 2.05) is 38.1 Å². The van der Waals surface area contributed by atoms with Gasteiger partial charge in [-0.25, -0.2) is 0 Å². The number of nitrogens with zero attached hydrogens (tertiary/aromatic N) is 1. The zero-order chi connectivity index (χ0) is 15.1. The SMILES string of the molecule is CC(C)C[C@@H](C(=O)[O-])N1Cc2c([nH]c3ccccc23)C1=O.[Li+]. The summed E-state index contributed by atoms with van der Waals surface area (Å²) >= 11 is 0. The molecular weight excluding hydrogens is 275 g/mol. The van der Waals surface area contributed by atoms with Crippen LogP contribution in [-0.4, -0.2) is 27.8 Å². The average molecular weight is 292 g/mol. The van der Waals surface area contributed by atoms with E-state index in [0.717, 1.165) is 16.5 Å². The molecule has 0 unspecified atom stereocenters. The van der Waals surface area contributed by atoms with Crippen LogP contribution in [0, 0.1) is 5.92 Å². The van der Waals surface area contributed by atoms with Crippen LogP contribution in [0.25, 0.3) is 10.9 Å². The number of hydrogen-bond donors (Lipinski definition) is 1. The number of carboxylic acids is 1. The van der Waals surface area contributed by atoms with Crippen molar-refractivity contribution in [3.05, 3.63) is 35.5 Å². The molecule has 1 atom stereocenters. The number of carbonyl (C=O) groups excluding carboxylic acids is 2. The number of carboxylic acid groups (broad SMARTS) is 1. The minimum Gasteiger partial charge on any atom is -0.548 e. The van der Waals surface area contributed by atoms with Crippen molar-refractivity contribution < 1.29 is 33.6 Å². The maximum Gasteiger partial charge on any atom is 1.00 e. The summed E-state index contributed by atoms with van der Waals surface area (Å²) in [6, 6.07) is 6.79. The van der Waals surface area contributed by atoms with E-state index in [-0.39, 0.29) is 30.7 Å². The second-order valence-corrected chi connectivity index (χ2v) is 5.92.